The van der Waals surface area contributed by atoms with Gasteiger partial charge in [-0.15, -0.1) is 0 Å². The van der Waals surface area contributed by atoms with E-state index in [2.05, 4.69) is 104 Å². The molecular formula is C25H21NS. The Hall–Kier alpha value is -2.98. The van der Waals surface area contributed by atoms with Crippen molar-refractivity contribution >= 4 is 23.1 Å². The normalized spacial score (nSPS) is 9.93. The van der Waals surface area contributed by atoms with Gasteiger partial charge in [0.25, 0.3) is 0 Å². The maximum absolute atomic E-state index is 4.69. The topological polar surface area (TPSA) is 12.4 Å². The molecule has 3 rings (SSSR count). The minimum Gasteiger partial charge on any atom is -0.194 e. The summed E-state index contributed by atoms with van der Waals surface area (Å²) in [6.07, 6.45) is 0. The molecule has 132 valence electrons. The molecule has 1 nitrogen and oxygen atoms in total. The minimum atomic E-state index is 0.861. The summed E-state index contributed by atoms with van der Waals surface area (Å²) in [5, 5.41) is 2.42. The summed E-state index contributed by atoms with van der Waals surface area (Å²) in [5.41, 5.74) is 10.1. The van der Waals surface area contributed by atoms with Gasteiger partial charge in [0.2, 0.25) is 0 Å². The second-order valence-electron chi connectivity index (χ2n) is 6.81. The molecule has 0 radical (unpaired) electrons. The second-order valence-corrected chi connectivity index (χ2v) is 6.99. The van der Waals surface area contributed by atoms with Crippen molar-refractivity contribution in [1.29, 1.82) is 0 Å². The molecule has 0 aliphatic rings. The van der Waals surface area contributed by atoms with Gasteiger partial charge in [-0.05, 0) is 92.0 Å². The first kappa shape index (κ1) is 18.8. The summed E-state index contributed by atoms with van der Waals surface area (Å²) < 4.78 is 0. The summed E-state index contributed by atoms with van der Waals surface area (Å²) in [6.45, 7) is 8.38. The van der Waals surface area contributed by atoms with Gasteiger partial charge in [0.1, 0.15) is 0 Å². The monoisotopic (exact) mass is 367 g/mol. The van der Waals surface area contributed by atoms with Crippen molar-refractivity contribution in [2.45, 2.75) is 27.7 Å². The highest BCUT2D eigenvalue weighted by atomic mass is 32.1. The van der Waals surface area contributed by atoms with E-state index >= 15 is 0 Å². The van der Waals surface area contributed by atoms with Gasteiger partial charge in [-0.25, -0.2) is 0 Å². The Morgan fingerprint density at radius 1 is 0.704 bits per heavy atom. The van der Waals surface area contributed by atoms with Crippen molar-refractivity contribution < 1.29 is 0 Å². The van der Waals surface area contributed by atoms with Crippen LogP contribution in [0.1, 0.15) is 33.4 Å². The van der Waals surface area contributed by atoms with Crippen LogP contribution in [-0.4, -0.2) is 5.16 Å². The Kier molecular flexibility index (Phi) is 5.67. The average Bonchev–Trinajstić information content (AvgIpc) is 2.63. The van der Waals surface area contributed by atoms with Gasteiger partial charge >= 0.3 is 0 Å². The van der Waals surface area contributed by atoms with E-state index in [1.807, 2.05) is 13.0 Å². The number of benzene rings is 3. The maximum atomic E-state index is 4.69. The second kappa shape index (κ2) is 8.14. The van der Waals surface area contributed by atoms with E-state index in [1.165, 1.54) is 16.7 Å². The Labute approximate surface area is 166 Å². The molecule has 0 heterocycles. The molecule has 0 atom stereocenters. The molecule has 0 saturated heterocycles. The molecule has 3 aromatic carbocycles. The number of rotatable bonds is 2. The van der Waals surface area contributed by atoms with Crippen molar-refractivity contribution in [3.8, 4) is 23.0 Å². The summed E-state index contributed by atoms with van der Waals surface area (Å²) >= 11 is 4.69. The van der Waals surface area contributed by atoms with Gasteiger partial charge in [0.15, 0.2) is 0 Å². The first-order valence-corrected chi connectivity index (χ1v) is 9.27. The zero-order valence-electron chi connectivity index (χ0n) is 16.1. The van der Waals surface area contributed by atoms with Crippen molar-refractivity contribution in [3.63, 3.8) is 0 Å². The lowest BCUT2D eigenvalue weighted by molar-refractivity contribution is 1.30. The number of hydrogen-bond donors (Lipinski definition) is 0. The summed E-state index contributed by atoms with van der Waals surface area (Å²) in [5.74, 6) is 6.63. The van der Waals surface area contributed by atoms with Crippen LogP contribution < -0.4 is 0 Å². The van der Waals surface area contributed by atoms with Crippen molar-refractivity contribution in [2.24, 2.45) is 4.99 Å². The highest BCUT2D eigenvalue weighted by Crippen LogP contribution is 2.26. The lowest BCUT2D eigenvalue weighted by Crippen LogP contribution is -1.89. The molecule has 0 unspecified atom stereocenters. The third-order valence-electron chi connectivity index (χ3n) is 4.59. The minimum absolute atomic E-state index is 0.861. The maximum Gasteiger partial charge on any atom is 0.0769 e. The highest BCUT2D eigenvalue weighted by molar-refractivity contribution is 7.78. The van der Waals surface area contributed by atoms with Gasteiger partial charge in [-0.1, -0.05) is 47.7 Å². The largest absolute Gasteiger partial charge is 0.194 e. The van der Waals surface area contributed by atoms with E-state index < -0.39 is 0 Å². The average molecular weight is 368 g/mol. The Balaban J connectivity index is 1.87. The number of isothiocyanates is 1. The molecule has 0 aliphatic carbocycles. The van der Waals surface area contributed by atoms with Crippen molar-refractivity contribution in [3.05, 3.63) is 88.0 Å². The number of thiocarbonyl (C=S) groups is 1. The number of aliphatic imine (C=N–C) groups is 1. The van der Waals surface area contributed by atoms with Crippen LogP contribution in [0.25, 0.3) is 11.1 Å². The third kappa shape index (κ3) is 4.41. The van der Waals surface area contributed by atoms with Crippen LogP contribution in [0.4, 0.5) is 5.69 Å². The molecule has 27 heavy (non-hydrogen) atoms. The van der Waals surface area contributed by atoms with E-state index in [-0.39, 0.29) is 0 Å². The van der Waals surface area contributed by atoms with Gasteiger partial charge < -0.3 is 0 Å². The van der Waals surface area contributed by atoms with Crippen LogP contribution >= 0.6 is 12.2 Å². The van der Waals surface area contributed by atoms with Crippen LogP contribution in [0.15, 0.2) is 59.6 Å². The Morgan fingerprint density at radius 2 is 1.33 bits per heavy atom. The van der Waals surface area contributed by atoms with Crippen LogP contribution in [0, 0.1) is 39.5 Å². The van der Waals surface area contributed by atoms with Crippen LogP contribution in [0.3, 0.4) is 0 Å². The summed E-state index contributed by atoms with van der Waals surface area (Å²) in [6, 6.07) is 18.9. The van der Waals surface area contributed by atoms with Gasteiger partial charge in [-0.2, -0.15) is 4.99 Å². The molecule has 0 bridgehead atoms. The van der Waals surface area contributed by atoms with Gasteiger partial charge in [0, 0.05) is 11.1 Å². The van der Waals surface area contributed by atoms with Crippen LogP contribution in [0.5, 0.6) is 0 Å². The summed E-state index contributed by atoms with van der Waals surface area (Å²) in [4.78, 5) is 4.07. The van der Waals surface area contributed by atoms with Crippen molar-refractivity contribution in [1.82, 2.24) is 0 Å². The highest BCUT2D eigenvalue weighted by Gasteiger charge is 2.03. The molecule has 0 spiro atoms. The first-order chi connectivity index (χ1) is 13.0. The number of aryl methyl sites for hydroxylation is 4. The zero-order chi connectivity index (χ0) is 19.4. The third-order valence-corrected chi connectivity index (χ3v) is 4.68. The lowest BCUT2D eigenvalue weighted by atomic mass is 9.99. The molecular weight excluding hydrogens is 346 g/mol. The fourth-order valence-electron chi connectivity index (χ4n) is 3.27. The SMILES string of the molecule is Cc1cc(C)c(C#Cc2ccc(-c3ccc(N=C=S)c(C)c3)cc2)c(C)c1. The fourth-order valence-corrected chi connectivity index (χ4v) is 3.37. The molecule has 0 saturated carbocycles. The molecule has 3 aromatic rings. The van der Waals surface area contributed by atoms with E-state index in [4.69, 9.17) is 0 Å². The molecule has 0 aromatic heterocycles. The van der Waals surface area contributed by atoms with Gasteiger partial charge in [-0.3, -0.25) is 0 Å². The summed E-state index contributed by atoms with van der Waals surface area (Å²) in [7, 11) is 0. The van der Waals surface area contributed by atoms with E-state index in [0.717, 1.165) is 33.5 Å². The molecule has 2 heteroatoms. The van der Waals surface area contributed by atoms with E-state index in [1.54, 1.807) is 0 Å². The van der Waals surface area contributed by atoms with Crippen LogP contribution in [-0.2, 0) is 0 Å². The molecule has 0 amide bonds. The van der Waals surface area contributed by atoms with Gasteiger partial charge in [0.05, 0.1) is 10.8 Å². The Morgan fingerprint density at radius 3 is 1.93 bits per heavy atom. The molecule has 0 fully saturated rings. The zero-order valence-corrected chi connectivity index (χ0v) is 16.9. The predicted molar refractivity (Wildman–Crippen MR) is 118 cm³/mol. The molecule has 0 aliphatic heterocycles. The quantitative estimate of drug-likeness (QED) is 0.278. The van der Waals surface area contributed by atoms with E-state index in [9.17, 15) is 0 Å². The first-order valence-electron chi connectivity index (χ1n) is 8.87. The van der Waals surface area contributed by atoms with E-state index in [0.29, 0.717) is 0 Å². The van der Waals surface area contributed by atoms with Crippen molar-refractivity contribution in [2.75, 3.05) is 0 Å². The molecule has 0 N–H and O–H groups in total. The Bertz CT molecular complexity index is 1080. The lowest BCUT2D eigenvalue weighted by Gasteiger charge is -2.06. The number of hydrogen-bond acceptors (Lipinski definition) is 2. The predicted octanol–water partition coefficient (Wildman–Crippen LogP) is 6.72. The standard InChI is InChI=1S/C25H21NS/c1-17-13-18(2)24(19(3)14-17)11-7-21-5-8-22(9-6-21)23-10-12-25(26-16-27)20(4)15-23/h5-6,8-10,12-15H,1-4H3. The number of nitrogens with zero attached hydrogens (tertiary/aromatic N) is 1. The fraction of sp³-hybridized carbons (Fsp3) is 0.160. The smallest absolute Gasteiger partial charge is 0.0769 e. The van der Waals surface area contributed by atoms with Crippen LogP contribution in [0.2, 0.25) is 0 Å².